The SMILES string of the molecule is CC/C=C/C/C=C/C/C=C/C/C=C/CCCCCC(=O)OC(CCC/C=C\CCCCCCCC)CC(=O)NC(CO)C(O)CCCCCCCCCCC. The van der Waals surface area contributed by atoms with Gasteiger partial charge in [-0.3, -0.25) is 9.59 Å². The van der Waals surface area contributed by atoms with E-state index >= 15 is 0 Å². The van der Waals surface area contributed by atoms with E-state index in [1.165, 1.54) is 77.0 Å². The second-order valence-corrected chi connectivity index (χ2v) is 15.4. The van der Waals surface area contributed by atoms with Crippen LogP contribution in [0.5, 0.6) is 0 Å². The van der Waals surface area contributed by atoms with Crippen molar-refractivity contribution in [2.45, 2.75) is 232 Å². The molecule has 1 amide bonds. The standard InChI is InChI=1S/C49H87NO5/c1-4-7-10-13-16-19-21-22-23-24-25-27-30-33-36-39-42-49(54)55-45(40-37-34-31-29-26-20-17-14-11-8-5-2)43-48(53)50-46(44-51)47(52)41-38-35-32-28-18-15-12-9-6-3/h7,10,16,19,22-23,25,27,29,31,45-47,51-52H,4-6,8-9,11-15,17-18,20-21,24,26,28,30,32-44H2,1-3H3,(H,50,53)/b10-7+,19-16+,23-22+,27-25+,31-29-. The molecule has 0 rings (SSSR count). The van der Waals surface area contributed by atoms with Gasteiger partial charge in [0.15, 0.2) is 0 Å². The van der Waals surface area contributed by atoms with Gasteiger partial charge in [-0.15, -0.1) is 0 Å². The Morgan fingerprint density at radius 1 is 0.545 bits per heavy atom. The molecule has 55 heavy (non-hydrogen) atoms. The molecule has 0 aliphatic carbocycles. The molecule has 0 aromatic heterocycles. The number of aliphatic hydroxyl groups is 2. The molecule has 0 saturated heterocycles. The van der Waals surface area contributed by atoms with Crippen molar-refractivity contribution >= 4 is 11.9 Å². The van der Waals surface area contributed by atoms with Gasteiger partial charge in [0.05, 0.1) is 25.2 Å². The fourth-order valence-electron chi connectivity index (χ4n) is 6.60. The third kappa shape index (κ3) is 38.2. The lowest BCUT2D eigenvalue weighted by molar-refractivity contribution is -0.151. The van der Waals surface area contributed by atoms with Crippen molar-refractivity contribution in [3.8, 4) is 0 Å². The molecule has 3 atom stereocenters. The van der Waals surface area contributed by atoms with E-state index in [4.69, 9.17) is 4.74 Å². The molecular formula is C49H87NO5. The molecule has 0 aromatic carbocycles. The van der Waals surface area contributed by atoms with Crippen molar-refractivity contribution in [2.75, 3.05) is 6.61 Å². The molecule has 0 bridgehead atoms. The topological polar surface area (TPSA) is 95.9 Å². The second-order valence-electron chi connectivity index (χ2n) is 15.4. The predicted molar refractivity (Wildman–Crippen MR) is 236 cm³/mol. The van der Waals surface area contributed by atoms with Crippen LogP contribution in [0.1, 0.15) is 213 Å². The van der Waals surface area contributed by atoms with E-state index in [2.05, 4.69) is 86.8 Å². The van der Waals surface area contributed by atoms with Crippen molar-refractivity contribution in [1.29, 1.82) is 0 Å². The van der Waals surface area contributed by atoms with Gasteiger partial charge in [-0.05, 0) is 83.5 Å². The van der Waals surface area contributed by atoms with Crippen LogP contribution in [-0.4, -0.2) is 46.9 Å². The number of hydrogen-bond acceptors (Lipinski definition) is 5. The summed E-state index contributed by atoms with van der Waals surface area (Å²) >= 11 is 0. The zero-order valence-corrected chi connectivity index (χ0v) is 36.0. The number of hydrogen-bond donors (Lipinski definition) is 3. The Morgan fingerprint density at radius 3 is 1.55 bits per heavy atom. The van der Waals surface area contributed by atoms with Crippen LogP contribution in [0.2, 0.25) is 0 Å². The molecule has 318 valence electrons. The lowest BCUT2D eigenvalue weighted by atomic mass is 10.0. The average molecular weight is 770 g/mol. The summed E-state index contributed by atoms with van der Waals surface area (Å²) in [5, 5.41) is 23.6. The van der Waals surface area contributed by atoms with Gasteiger partial charge in [0.25, 0.3) is 0 Å². The largest absolute Gasteiger partial charge is 0.462 e. The zero-order valence-electron chi connectivity index (χ0n) is 36.0. The number of carbonyl (C=O) groups is 2. The summed E-state index contributed by atoms with van der Waals surface area (Å²) in [4.78, 5) is 25.9. The first-order valence-corrected chi connectivity index (χ1v) is 23.0. The quantitative estimate of drug-likeness (QED) is 0.0328. The summed E-state index contributed by atoms with van der Waals surface area (Å²) in [6.45, 7) is 6.30. The van der Waals surface area contributed by atoms with E-state index < -0.39 is 18.2 Å². The van der Waals surface area contributed by atoms with Gasteiger partial charge in [0.2, 0.25) is 5.91 Å². The first kappa shape index (κ1) is 52.6. The third-order valence-corrected chi connectivity index (χ3v) is 10.1. The number of amides is 1. The van der Waals surface area contributed by atoms with Gasteiger partial charge in [-0.1, -0.05) is 178 Å². The first-order valence-electron chi connectivity index (χ1n) is 23.0. The molecule has 0 aromatic rings. The summed E-state index contributed by atoms with van der Waals surface area (Å²) in [7, 11) is 0. The van der Waals surface area contributed by atoms with Gasteiger partial charge in [-0.25, -0.2) is 0 Å². The summed E-state index contributed by atoms with van der Waals surface area (Å²) < 4.78 is 5.87. The average Bonchev–Trinajstić information content (AvgIpc) is 3.18. The molecule has 0 aliphatic heterocycles. The Morgan fingerprint density at radius 2 is 1.00 bits per heavy atom. The monoisotopic (exact) mass is 770 g/mol. The Hall–Kier alpha value is -2.44. The van der Waals surface area contributed by atoms with E-state index in [1.807, 2.05) is 0 Å². The fourth-order valence-corrected chi connectivity index (χ4v) is 6.60. The Balaban J connectivity index is 4.66. The maximum Gasteiger partial charge on any atom is 0.306 e. The number of allylic oxidation sites excluding steroid dienone is 10. The van der Waals surface area contributed by atoms with Crippen molar-refractivity contribution in [3.05, 3.63) is 60.8 Å². The number of nitrogens with one attached hydrogen (secondary N) is 1. The van der Waals surface area contributed by atoms with E-state index in [-0.39, 0.29) is 24.9 Å². The maximum absolute atomic E-state index is 13.1. The van der Waals surface area contributed by atoms with E-state index in [1.54, 1.807) is 0 Å². The molecule has 6 nitrogen and oxygen atoms in total. The predicted octanol–water partition coefficient (Wildman–Crippen LogP) is 13.3. The smallest absolute Gasteiger partial charge is 0.306 e. The van der Waals surface area contributed by atoms with Crippen molar-refractivity contribution in [2.24, 2.45) is 0 Å². The molecular weight excluding hydrogens is 683 g/mol. The summed E-state index contributed by atoms with van der Waals surface area (Å²) in [6.07, 6.45) is 51.4. The molecule has 0 fully saturated rings. The summed E-state index contributed by atoms with van der Waals surface area (Å²) in [6, 6.07) is -0.715. The molecule has 0 aliphatic rings. The second kappa shape index (κ2) is 42.7. The van der Waals surface area contributed by atoms with Gasteiger partial charge < -0.3 is 20.3 Å². The molecule has 6 heteroatoms. The van der Waals surface area contributed by atoms with Crippen LogP contribution in [0.3, 0.4) is 0 Å². The minimum atomic E-state index is -0.798. The van der Waals surface area contributed by atoms with Gasteiger partial charge in [0, 0.05) is 6.42 Å². The van der Waals surface area contributed by atoms with Gasteiger partial charge in [-0.2, -0.15) is 0 Å². The first-order chi connectivity index (χ1) is 27.0. The highest BCUT2D eigenvalue weighted by molar-refractivity contribution is 5.77. The normalized spacial score (nSPS) is 13.9. The summed E-state index contributed by atoms with van der Waals surface area (Å²) in [5.74, 6) is -0.545. The molecule has 0 spiro atoms. The Bertz CT molecular complexity index is 999. The van der Waals surface area contributed by atoms with Crippen LogP contribution in [-0.2, 0) is 14.3 Å². The number of unbranched alkanes of at least 4 members (excludes halogenated alkanes) is 18. The molecule has 3 unspecified atom stereocenters. The van der Waals surface area contributed by atoms with Crippen LogP contribution in [0, 0.1) is 0 Å². The van der Waals surface area contributed by atoms with Crippen LogP contribution >= 0.6 is 0 Å². The molecule has 0 radical (unpaired) electrons. The molecule has 0 heterocycles. The maximum atomic E-state index is 13.1. The van der Waals surface area contributed by atoms with Crippen LogP contribution in [0.25, 0.3) is 0 Å². The van der Waals surface area contributed by atoms with Gasteiger partial charge in [0.1, 0.15) is 6.10 Å². The van der Waals surface area contributed by atoms with E-state index in [0.29, 0.717) is 19.3 Å². The molecule has 0 saturated carbocycles. The lowest BCUT2D eigenvalue weighted by Gasteiger charge is -2.24. The number of carbonyl (C=O) groups excluding carboxylic acids is 2. The van der Waals surface area contributed by atoms with Crippen molar-refractivity contribution in [3.63, 3.8) is 0 Å². The number of esters is 1. The van der Waals surface area contributed by atoms with Crippen LogP contribution < -0.4 is 5.32 Å². The summed E-state index contributed by atoms with van der Waals surface area (Å²) in [5.41, 5.74) is 0. The van der Waals surface area contributed by atoms with Crippen LogP contribution in [0.4, 0.5) is 0 Å². The highest BCUT2D eigenvalue weighted by Crippen LogP contribution is 2.16. The molecule has 3 N–H and O–H groups in total. The van der Waals surface area contributed by atoms with Gasteiger partial charge >= 0.3 is 5.97 Å². The van der Waals surface area contributed by atoms with E-state index in [9.17, 15) is 19.8 Å². The van der Waals surface area contributed by atoms with E-state index in [0.717, 1.165) is 89.9 Å². The van der Waals surface area contributed by atoms with Crippen molar-refractivity contribution < 1.29 is 24.5 Å². The highest BCUT2D eigenvalue weighted by Gasteiger charge is 2.24. The zero-order chi connectivity index (χ0) is 40.3. The number of aliphatic hydroxyl groups excluding tert-OH is 2. The minimum Gasteiger partial charge on any atom is -0.462 e. The van der Waals surface area contributed by atoms with Crippen LogP contribution in [0.15, 0.2) is 60.8 Å². The Labute approximate surface area is 339 Å². The highest BCUT2D eigenvalue weighted by atomic mass is 16.5. The number of ether oxygens (including phenoxy) is 1. The third-order valence-electron chi connectivity index (χ3n) is 10.1. The minimum absolute atomic E-state index is 0.0420. The number of rotatable bonds is 40. The fraction of sp³-hybridized carbons (Fsp3) is 0.755. The Kier molecular flexibility index (Phi) is 40.8. The lowest BCUT2D eigenvalue weighted by Crippen LogP contribution is -2.46. The van der Waals surface area contributed by atoms with Crippen molar-refractivity contribution in [1.82, 2.24) is 5.32 Å².